The van der Waals surface area contributed by atoms with Crippen LogP contribution in [-0.2, 0) is 11.3 Å². The van der Waals surface area contributed by atoms with E-state index in [1.54, 1.807) is 18.9 Å². The molecule has 1 N–H and O–H groups in total. The molecule has 0 heterocycles. The van der Waals surface area contributed by atoms with Gasteiger partial charge in [0.25, 0.3) is 0 Å². The lowest BCUT2D eigenvalue weighted by molar-refractivity contribution is 0.199. The summed E-state index contributed by atoms with van der Waals surface area (Å²) < 4.78 is 6.16. The van der Waals surface area contributed by atoms with Crippen LogP contribution in [0, 0.1) is 0 Å². The second-order valence-electron chi connectivity index (χ2n) is 4.34. The van der Waals surface area contributed by atoms with Gasteiger partial charge in [0.1, 0.15) is 0 Å². The highest BCUT2D eigenvalue weighted by molar-refractivity contribution is 9.10. The Hall–Kier alpha value is -0.810. The van der Waals surface area contributed by atoms with Gasteiger partial charge < -0.3 is 10.1 Å². The van der Waals surface area contributed by atoms with Crippen LogP contribution in [0.1, 0.15) is 5.56 Å². The molecule has 2 aromatic carbocycles. The first kappa shape index (κ1) is 15.6. The number of ether oxygens (including phenoxy) is 1. The average Bonchev–Trinajstić information content (AvgIpc) is 2.45. The van der Waals surface area contributed by atoms with Crippen LogP contribution in [0.15, 0.2) is 62.8 Å². The third-order valence-electron chi connectivity index (χ3n) is 2.79. The maximum atomic E-state index is 5.05. The van der Waals surface area contributed by atoms with Gasteiger partial charge in [-0.3, -0.25) is 0 Å². The molecule has 0 saturated heterocycles. The highest BCUT2D eigenvalue weighted by Gasteiger charge is 2.04. The lowest BCUT2D eigenvalue weighted by Gasteiger charge is -2.10. The van der Waals surface area contributed by atoms with Crippen LogP contribution < -0.4 is 5.32 Å². The van der Waals surface area contributed by atoms with Crippen LogP contribution >= 0.6 is 27.7 Å². The summed E-state index contributed by atoms with van der Waals surface area (Å²) >= 11 is 5.30. The first-order valence-corrected chi connectivity index (χ1v) is 8.11. The van der Waals surface area contributed by atoms with Crippen molar-refractivity contribution in [1.29, 1.82) is 0 Å². The van der Waals surface area contributed by atoms with E-state index in [1.165, 1.54) is 15.4 Å². The fourth-order valence-corrected chi connectivity index (χ4v) is 3.36. The fraction of sp³-hybridized carbons (Fsp3) is 0.250. The molecule has 0 atom stereocenters. The first-order valence-electron chi connectivity index (χ1n) is 6.50. The summed E-state index contributed by atoms with van der Waals surface area (Å²) in [5, 5.41) is 3.39. The van der Waals surface area contributed by atoms with E-state index in [-0.39, 0.29) is 0 Å². The summed E-state index contributed by atoms with van der Waals surface area (Å²) in [5.41, 5.74) is 1.31. The number of nitrogens with one attached hydrogen (secondary N) is 1. The zero-order chi connectivity index (χ0) is 14.2. The molecular weight excluding hydrogens is 334 g/mol. The zero-order valence-corrected chi connectivity index (χ0v) is 13.8. The Bertz CT molecular complexity index is 548. The maximum Gasteiger partial charge on any atom is 0.0587 e. The second-order valence-corrected chi connectivity index (χ2v) is 6.37. The van der Waals surface area contributed by atoms with Gasteiger partial charge in [-0.15, -0.1) is 0 Å². The quantitative estimate of drug-likeness (QED) is 0.749. The topological polar surface area (TPSA) is 21.3 Å². The maximum absolute atomic E-state index is 5.05. The summed E-state index contributed by atoms with van der Waals surface area (Å²) in [7, 11) is 1.72. The van der Waals surface area contributed by atoms with E-state index < -0.39 is 0 Å². The van der Waals surface area contributed by atoms with E-state index in [0.717, 1.165) is 24.2 Å². The number of hydrogen-bond donors (Lipinski definition) is 1. The predicted molar refractivity (Wildman–Crippen MR) is 88.3 cm³/mol. The highest BCUT2D eigenvalue weighted by Crippen LogP contribution is 2.31. The smallest absolute Gasteiger partial charge is 0.0587 e. The van der Waals surface area contributed by atoms with Crippen LogP contribution in [0.25, 0.3) is 0 Å². The SMILES string of the molecule is COCCNCc1ccccc1Sc1cccc(Br)c1. The van der Waals surface area contributed by atoms with E-state index in [0.29, 0.717) is 0 Å². The number of benzene rings is 2. The molecule has 0 fully saturated rings. The minimum atomic E-state index is 0.737. The van der Waals surface area contributed by atoms with Crippen molar-refractivity contribution in [2.75, 3.05) is 20.3 Å². The van der Waals surface area contributed by atoms with Crippen LogP contribution in [0.5, 0.6) is 0 Å². The van der Waals surface area contributed by atoms with E-state index >= 15 is 0 Å². The second kappa shape index (κ2) is 8.47. The van der Waals surface area contributed by atoms with Crippen molar-refractivity contribution < 1.29 is 4.74 Å². The van der Waals surface area contributed by atoms with Gasteiger partial charge in [-0.05, 0) is 29.8 Å². The van der Waals surface area contributed by atoms with Crippen molar-refractivity contribution in [3.8, 4) is 0 Å². The predicted octanol–water partition coefficient (Wildman–Crippen LogP) is 4.34. The van der Waals surface area contributed by atoms with Crippen molar-refractivity contribution in [3.05, 3.63) is 58.6 Å². The Balaban J connectivity index is 2.03. The van der Waals surface area contributed by atoms with Crippen LogP contribution in [-0.4, -0.2) is 20.3 Å². The van der Waals surface area contributed by atoms with E-state index in [4.69, 9.17) is 4.74 Å². The molecule has 0 saturated carbocycles. The summed E-state index contributed by atoms with van der Waals surface area (Å²) in [6.45, 7) is 2.47. The molecule has 0 aliphatic rings. The largest absolute Gasteiger partial charge is 0.383 e. The summed E-state index contributed by atoms with van der Waals surface area (Å²) in [6.07, 6.45) is 0. The molecule has 0 aliphatic carbocycles. The van der Waals surface area contributed by atoms with Gasteiger partial charge in [-0.25, -0.2) is 0 Å². The van der Waals surface area contributed by atoms with Crippen molar-refractivity contribution >= 4 is 27.7 Å². The van der Waals surface area contributed by atoms with Gasteiger partial charge in [-0.2, -0.15) is 0 Å². The Labute approximate surface area is 133 Å². The number of rotatable bonds is 7. The monoisotopic (exact) mass is 351 g/mol. The standard InChI is InChI=1S/C16H18BrNOS/c1-19-10-9-18-12-13-5-2-3-8-16(13)20-15-7-4-6-14(17)11-15/h2-8,11,18H,9-10,12H2,1H3. The molecule has 0 spiro atoms. The van der Waals surface area contributed by atoms with Crippen molar-refractivity contribution in [2.24, 2.45) is 0 Å². The summed E-state index contributed by atoms with van der Waals surface area (Å²) in [5.74, 6) is 0. The molecule has 0 radical (unpaired) electrons. The molecule has 2 nitrogen and oxygen atoms in total. The number of halogens is 1. The van der Waals surface area contributed by atoms with Crippen LogP contribution in [0.3, 0.4) is 0 Å². The normalized spacial score (nSPS) is 10.7. The minimum absolute atomic E-state index is 0.737. The first-order chi connectivity index (χ1) is 9.79. The van der Waals surface area contributed by atoms with E-state index in [2.05, 4.69) is 63.7 Å². The molecule has 4 heteroatoms. The van der Waals surface area contributed by atoms with E-state index in [1.807, 2.05) is 6.07 Å². The molecule has 106 valence electrons. The van der Waals surface area contributed by atoms with Crippen LogP contribution in [0.4, 0.5) is 0 Å². The third kappa shape index (κ3) is 4.94. The summed E-state index contributed by atoms with van der Waals surface area (Å²) in [4.78, 5) is 2.53. The van der Waals surface area contributed by atoms with Gasteiger partial charge in [0.15, 0.2) is 0 Å². The molecule has 0 aliphatic heterocycles. The highest BCUT2D eigenvalue weighted by atomic mass is 79.9. The molecule has 0 bridgehead atoms. The van der Waals surface area contributed by atoms with Gasteiger partial charge >= 0.3 is 0 Å². The Morgan fingerprint density at radius 1 is 1.15 bits per heavy atom. The Morgan fingerprint density at radius 3 is 2.80 bits per heavy atom. The average molecular weight is 352 g/mol. The molecule has 2 aromatic rings. The van der Waals surface area contributed by atoms with Gasteiger partial charge in [0, 0.05) is 34.5 Å². The molecule has 20 heavy (non-hydrogen) atoms. The molecule has 0 aromatic heterocycles. The summed E-state index contributed by atoms with van der Waals surface area (Å²) in [6, 6.07) is 16.9. The van der Waals surface area contributed by atoms with Gasteiger partial charge in [-0.1, -0.05) is 52.0 Å². The molecular formula is C16H18BrNOS. The van der Waals surface area contributed by atoms with E-state index in [9.17, 15) is 0 Å². The third-order valence-corrected chi connectivity index (χ3v) is 4.40. The Morgan fingerprint density at radius 2 is 2.00 bits per heavy atom. The number of methoxy groups -OCH3 is 1. The molecule has 0 unspecified atom stereocenters. The molecule has 2 rings (SSSR count). The van der Waals surface area contributed by atoms with Gasteiger partial charge in [0.2, 0.25) is 0 Å². The van der Waals surface area contributed by atoms with Gasteiger partial charge in [0.05, 0.1) is 6.61 Å². The van der Waals surface area contributed by atoms with Crippen LogP contribution in [0.2, 0.25) is 0 Å². The fourth-order valence-electron chi connectivity index (χ4n) is 1.80. The number of hydrogen-bond acceptors (Lipinski definition) is 3. The Kier molecular flexibility index (Phi) is 6.60. The lowest BCUT2D eigenvalue weighted by Crippen LogP contribution is -2.18. The van der Waals surface area contributed by atoms with Crippen molar-refractivity contribution in [3.63, 3.8) is 0 Å². The molecule has 0 amide bonds. The van der Waals surface area contributed by atoms with Crippen molar-refractivity contribution in [1.82, 2.24) is 5.32 Å². The minimum Gasteiger partial charge on any atom is -0.383 e. The zero-order valence-electron chi connectivity index (χ0n) is 11.4. The van der Waals surface area contributed by atoms with Crippen molar-refractivity contribution in [2.45, 2.75) is 16.3 Å². The lowest BCUT2D eigenvalue weighted by atomic mass is 10.2.